The zero-order valence-electron chi connectivity index (χ0n) is 31.9. The maximum atomic E-state index is 2.51. The first-order valence-corrected chi connectivity index (χ1v) is 20.1. The van der Waals surface area contributed by atoms with Crippen LogP contribution in [-0.4, -0.2) is 0 Å². The van der Waals surface area contributed by atoms with E-state index in [1.165, 1.54) is 116 Å². The van der Waals surface area contributed by atoms with Gasteiger partial charge in [0.15, 0.2) is 0 Å². The molecule has 0 nitrogen and oxygen atoms in total. The molecule has 4 aliphatic carbocycles. The summed E-state index contributed by atoms with van der Waals surface area (Å²) in [7, 11) is 0. The van der Waals surface area contributed by atoms with Crippen molar-refractivity contribution < 1.29 is 0 Å². The molecule has 0 radical (unpaired) electrons. The molecule has 0 spiro atoms. The molecule has 0 heteroatoms. The molecule has 264 valence electrons. The summed E-state index contributed by atoms with van der Waals surface area (Å²) in [4.78, 5) is 0. The Morgan fingerprint density at radius 1 is 0.446 bits per heavy atom. The summed E-state index contributed by atoms with van der Waals surface area (Å²) < 4.78 is 0. The van der Waals surface area contributed by atoms with Gasteiger partial charge in [0.2, 0.25) is 0 Å². The molecule has 0 aromatic heterocycles. The summed E-state index contributed by atoms with van der Waals surface area (Å²) in [5, 5.41) is 5.29. The molecule has 0 amide bonds. The molecule has 2 unspecified atom stereocenters. The Bertz CT molecular complexity index is 3090. The van der Waals surface area contributed by atoms with E-state index in [1.807, 2.05) is 0 Å². The molecule has 12 rings (SSSR count). The van der Waals surface area contributed by atoms with E-state index < -0.39 is 0 Å². The molecule has 56 heavy (non-hydrogen) atoms. The number of benzene rings is 8. The van der Waals surface area contributed by atoms with E-state index in [4.69, 9.17) is 0 Å². The third kappa shape index (κ3) is 4.36. The predicted octanol–water partition coefficient (Wildman–Crippen LogP) is 15.2. The van der Waals surface area contributed by atoms with Crippen molar-refractivity contribution in [2.45, 2.75) is 32.1 Å². The van der Waals surface area contributed by atoms with Crippen LogP contribution in [0.3, 0.4) is 0 Å². The molecule has 8 aromatic carbocycles. The van der Waals surface area contributed by atoms with Gasteiger partial charge in [-0.15, -0.1) is 0 Å². The summed E-state index contributed by atoms with van der Waals surface area (Å²) in [6.07, 6.45) is 9.67. The first-order chi connectivity index (χ1) is 27.4. The second kappa shape index (κ2) is 11.5. The van der Waals surface area contributed by atoms with Crippen molar-refractivity contribution in [1.29, 1.82) is 0 Å². The molecule has 0 aliphatic heterocycles. The van der Waals surface area contributed by atoms with Crippen LogP contribution in [0, 0.1) is 5.92 Å². The average molecular weight is 713 g/mol. The molecular weight excluding hydrogens is 673 g/mol. The lowest BCUT2D eigenvalue weighted by atomic mass is 9.71. The highest BCUT2D eigenvalue weighted by atomic mass is 14.5. The van der Waals surface area contributed by atoms with Crippen molar-refractivity contribution in [1.82, 2.24) is 0 Å². The summed E-state index contributed by atoms with van der Waals surface area (Å²) in [6, 6.07) is 57.4. The van der Waals surface area contributed by atoms with E-state index >= 15 is 0 Å². The molecule has 8 aromatic rings. The number of hydrogen-bond acceptors (Lipinski definition) is 0. The molecule has 0 saturated heterocycles. The number of rotatable bonds is 3. The lowest BCUT2D eigenvalue weighted by molar-refractivity contribution is 0.590. The maximum Gasteiger partial charge on any atom is 0.0206 e. The number of fused-ring (bicyclic) bond motifs is 9. The molecular formula is C56H40. The average Bonchev–Trinajstić information content (AvgIpc) is 3.74. The van der Waals surface area contributed by atoms with E-state index in [0.29, 0.717) is 5.92 Å². The monoisotopic (exact) mass is 712 g/mol. The highest BCUT2D eigenvalue weighted by molar-refractivity contribution is 6.22. The molecule has 0 heterocycles. The highest BCUT2D eigenvalue weighted by Gasteiger charge is 2.44. The highest BCUT2D eigenvalue weighted by Crippen LogP contribution is 2.63. The standard InChI is InChI=1S/C56H40/c1-56(2,3)37-25-27-40-44-29-28-39(42-20-12-22-43(52(42)44)47(40)32-37)36-24-26-45-48(30-36)51(34-16-8-5-9-17-34)54-46-23-13-21-41-38-19-11-10-18-35(38)31-49(53(41)46)55(54)50(45)33-14-6-4-7-15-33/h4-32,41,53H,1-3H3. The first-order valence-electron chi connectivity index (χ1n) is 20.1. The van der Waals surface area contributed by atoms with Gasteiger partial charge in [0, 0.05) is 11.8 Å². The summed E-state index contributed by atoms with van der Waals surface area (Å²) in [6.45, 7) is 6.92. The fourth-order valence-electron chi connectivity index (χ4n) is 10.6. The van der Waals surface area contributed by atoms with Gasteiger partial charge in [-0.3, -0.25) is 0 Å². The van der Waals surface area contributed by atoms with Crippen LogP contribution < -0.4 is 0 Å². The van der Waals surface area contributed by atoms with Crippen LogP contribution >= 0.6 is 0 Å². The Balaban J connectivity index is 1.17. The number of hydrogen-bond donors (Lipinski definition) is 0. The minimum absolute atomic E-state index is 0.0897. The van der Waals surface area contributed by atoms with E-state index in [2.05, 4.69) is 197 Å². The second-order valence-corrected chi connectivity index (χ2v) is 17.1. The number of allylic oxidation sites excluding steroid dienone is 5. The van der Waals surface area contributed by atoms with E-state index in [9.17, 15) is 0 Å². The Morgan fingerprint density at radius 3 is 1.91 bits per heavy atom. The van der Waals surface area contributed by atoms with Crippen molar-refractivity contribution >= 4 is 38.8 Å². The lowest BCUT2D eigenvalue weighted by Gasteiger charge is -2.31. The molecule has 0 N–H and O–H groups in total. The van der Waals surface area contributed by atoms with Crippen LogP contribution in [0.2, 0.25) is 0 Å². The van der Waals surface area contributed by atoms with Crippen molar-refractivity contribution in [3.63, 3.8) is 0 Å². The second-order valence-electron chi connectivity index (χ2n) is 17.1. The Hall–Kier alpha value is -6.50. The fraction of sp³-hybridized carbons (Fsp3) is 0.107. The van der Waals surface area contributed by atoms with Crippen LogP contribution in [0.4, 0.5) is 0 Å². The van der Waals surface area contributed by atoms with Crippen molar-refractivity contribution in [2.75, 3.05) is 0 Å². The quantitative estimate of drug-likeness (QED) is 0.171. The minimum atomic E-state index is 0.0897. The zero-order chi connectivity index (χ0) is 37.3. The van der Waals surface area contributed by atoms with Crippen LogP contribution in [0.25, 0.3) is 94.4 Å². The van der Waals surface area contributed by atoms with Gasteiger partial charge in [0.25, 0.3) is 0 Å². The summed E-state index contributed by atoms with van der Waals surface area (Å²) in [5.41, 5.74) is 23.0. The largest absolute Gasteiger partial charge is 0.0760 e. The van der Waals surface area contributed by atoms with Gasteiger partial charge in [-0.05, 0) is 134 Å². The summed E-state index contributed by atoms with van der Waals surface area (Å²) >= 11 is 0. The predicted molar refractivity (Wildman–Crippen MR) is 239 cm³/mol. The van der Waals surface area contributed by atoms with Gasteiger partial charge in [-0.2, -0.15) is 0 Å². The molecule has 0 bridgehead atoms. The fourth-order valence-corrected chi connectivity index (χ4v) is 10.6. The van der Waals surface area contributed by atoms with Crippen LogP contribution in [0.1, 0.15) is 54.5 Å². The van der Waals surface area contributed by atoms with E-state index in [-0.39, 0.29) is 11.3 Å². The van der Waals surface area contributed by atoms with Gasteiger partial charge in [0.05, 0.1) is 0 Å². The Kier molecular flexibility index (Phi) is 6.54. The van der Waals surface area contributed by atoms with Crippen LogP contribution in [0.15, 0.2) is 170 Å². The lowest BCUT2D eigenvalue weighted by Crippen LogP contribution is -2.16. The van der Waals surface area contributed by atoms with Gasteiger partial charge in [0.1, 0.15) is 0 Å². The Morgan fingerprint density at radius 2 is 1.12 bits per heavy atom. The van der Waals surface area contributed by atoms with E-state index in [0.717, 1.165) is 0 Å². The zero-order valence-corrected chi connectivity index (χ0v) is 31.9. The third-order valence-corrected chi connectivity index (χ3v) is 13.1. The molecule has 0 fully saturated rings. The summed E-state index contributed by atoms with van der Waals surface area (Å²) in [5.74, 6) is 0.588. The van der Waals surface area contributed by atoms with Gasteiger partial charge in [-0.1, -0.05) is 185 Å². The van der Waals surface area contributed by atoms with Crippen molar-refractivity contribution in [3.8, 4) is 55.6 Å². The van der Waals surface area contributed by atoms with Crippen molar-refractivity contribution in [3.05, 3.63) is 198 Å². The first kappa shape index (κ1) is 31.8. The van der Waals surface area contributed by atoms with Gasteiger partial charge in [-0.25, -0.2) is 0 Å². The SMILES string of the molecule is CC(C)(C)c1ccc2c(c1)-c1cccc3c(-c4ccc5c(-c6ccccc6)c6c(c(-c7ccccc7)c5c4)C4=CC=CC5c7ccccc7C=C6C45)ccc-2c13. The topological polar surface area (TPSA) is 0 Å². The van der Waals surface area contributed by atoms with Crippen LogP contribution in [-0.2, 0) is 5.41 Å². The normalized spacial score (nSPS) is 17.0. The van der Waals surface area contributed by atoms with E-state index in [1.54, 1.807) is 0 Å². The maximum absolute atomic E-state index is 2.51. The van der Waals surface area contributed by atoms with Crippen LogP contribution in [0.5, 0.6) is 0 Å². The Labute approximate surface area is 328 Å². The molecule has 0 saturated carbocycles. The van der Waals surface area contributed by atoms with Gasteiger partial charge < -0.3 is 0 Å². The molecule has 2 atom stereocenters. The smallest absolute Gasteiger partial charge is 0.0206 e. The van der Waals surface area contributed by atoms with Crippen molar-refractivity contribution in [2.24, 2.45) is 5.92 Å². The van der Waals surface area contributed by atoms with Gasteiger partial charge >= 0.3 is 0 Å². The minimum Gasteiger partial charge on any atom is -0.0760 e. The third-order valence-electron chi connectivity index (χ3n) is 13.1. The molecule has 4 aliphatic rings.